The average Bonchev–Trinajstić information content (AvgIpc) is 2.61. The highest BCUT2D eigenvalue weighted by atomic mass is 16.2. The molecule has 0 radical (unpaired) electrons. The Balaban J connectivity index is 1.77. The number of carbonyl (C=O) groups is 2. The average molecular weight is 328 g/mol. The standard InChI is InChI=1S/C20H28N2O2/c1-15(23)22-13-12-16-8-6-7-11-18(16)19(22)14-20(24)21(2)17-9-4-3-5-10-17/h6-8,11,17,19H,3-5,9-10,12-14H2,1-2H3. The second kappa shape index (κ2) is 7.37. The van der Waals surface area contributed by atoms with Crippen LogP contribution in [0.25, 0.3) is 0 Å². The third-order valence-corrected chi connectivity index (χ3v) is 5.70. The molecule has 1 aromatic carbocycles. The van der Waals surface area contributed by atoms with Crippen LogP contribution in [-0.2, 0) is 16.0 Å². The second-order valence-electron chi connectivity index (χ2n) is 7.18. The van der Waals surface area contributed by atoms with E-state index < -0.39 is 0 Å². The number of hydrogen-bond donors (Lipinski definition) is 0. The van der Waals surface area contributed by atoms with Crippen molar-refractivity contribution in [2.24, 2.45) is 0 Å². The van der Waals surface area contributed by atoms with Crippen LogP contribution >= 0.6 is 0 Å². The lowest BCUT2D eigenvalue weighted by Crippen LogP contribution is -2.44. The quantitative estimate of drug-likeness (QED) is 0.854. The van der Waals surface area contributed by atoms with E-state index in [1.165, 1.54) is 24.8 Å². The summed E-state index contributed by atoms with van der Waals surface area (Å²) in [6.45, 7) is 2.31. The van der Waals surface area contributed by atoms with E-state index in [-0.39, 0.29) is 17.9 Å². The lowest BCUT2D eigenvalue weighted by Gasteiger charge is -2.38. The highest BCUT2D eigenvalue weighted by Gasteiger charge is 2.32. The van der Waals surface area contributed by atoms with Crippen LogP contribution in [0.2, 0.25) is 0 Å². The molecule has 1 fully saturated rings. The van der Waals surface area contributed by atoms with Gasteiger partial charge in [-0.1, -0.05) is 43.5 Å². The molecule has 0 aromatic heterocycles. The molecule has 3 rings (SSSR count). The maximum Gasteiger partial charge on any atom is 0.224 e. The molecule has 2 aliphatic rings. The first-order valence-corrected chi connectivity index (χ1v) is 9.18. The molecule has 1 aliphatic heterocycles. The van der Waals surface area contributed by atoms with Crippen molar-refractivity contribution in [1.82, 2.24) is 9.80 Å². The molecule has 0 saturated heterocycles. The van der Waals surface area contributed by atoms with Gasteiger partial charge in [-0.3, -0.25) is 9.59 Å². The minimum atomic E-state index is -0.119. The van der Waals surface area contributed by atoms with Crippen molar-refractivity contribution in [3.63, 3.8) is 0 Å². The molecule has 0 N–H and O–H groups in total. The Labute approximate surface area is 144 Å². The Kier molecular flexibility index (Phi) is 5.22. The molecule has 0 spiro atoms. The van der Waals surface area contributed by atoms with Crippen molar-refractivity contribution in [1.29, 1.82) is 0 Å². The molecule has 1 atom stereocenters. The third kappa shape index (κ3) is 3.47. The van der Waals surface area contributed by atoms with Gasteiger partial charge in [0.05, 0.1) is 12.5 Å². The Bertz CT molecular complexity index is 607. The van der Waals surface area contributed by atoms with Crippen LogP contribution in [-0.4, -0.2) is 41.2 Å². The van der Waals surface area contributed by atoms with E-state index >= 15 is 0 Å². The maximum absolute atomic E-state index is 12.9. The summed E-state index contributed by atoms with van der Waals surface area (Å²) in [7, 11) is 1.94. The van der Waals surface area contributed by atoms with Gasteiger partial charge < -0.3 is 9.80 Å². The summed E-state index contributed by atoms with van der Waals surface area (Å²) in [5, 5.41) is 0. The zero-order valence-electron chi connectivity index (χ0n) is 14.8. The fraction of sp³-hybridized carbons (Fsp3) is 0.600. The van der Waals surface area contributed by atoms with Gasteiger partial charge in [0, 0.05) is 26.6 Å². The summed E-state index contributed by atoms with van der Waals surface area (Å²) in [5.41, 5.74) is 2.41. The smallest absolute Gasteiger partial charge is 0.224 e. The topological polar surface area (TPSA) is 40.6 Å². The highest BCUT2D eigenvalue weighted by molar-refractivity contribution is 5.80. The minimum absolute atomic E-state index is 0.0580. The van der Waals surface area contributed by atoms with Gasteiger partial charge in [-0.2, -0.15) is 0 Å². The second-order valence-corrected chi connectivity index (χ2v) is 7.18. The van der Waals surface area contributed by atoms with Crippen molar-refractivity contribution in [3.05, 3.63) is 35.4 Å². The van der Waals surface area contributed by atoms with E-state index in [9.17, 15) is 9.59 Å². The Morgan fingerprint density at radius 1 is 1.17 bits per heavy atom. The van der Waals surface area contributed by atoms with Crippen molar-refractivity contribution in [3.8, 4) is 0 Å². The highest BCUT2D eigenvalue weighted by Crippen LogP contribution is 2.33. The molecule has 4 nitrogen and oxygen atoms in total. The van der Waals surface area contributed by atoms with E-state index in [2.05, 4.69) is 12.1 Å². The SMILES string of the molecule is CC(=O)N1CCc2ccccc2C1CC(=O)N(C)C1CCCCC1. The van der Waals surface area contributed by atoms with Crippen molar-refractivity contribution in [2.75, 3.05) is 13.6 Å². The van der Waals surface area contributed by atoms with Crippen LogP contribution in [0, 0.1) is 0 Å². The Morgan fingerprint density at radius 3 is 2.58 bits per heavy atom. The van der Waals surface area contributed by atoms with E-state index in [0.29, 0.717) is 19.0 Å². The van der Waals surface area contributed by atoms with Crippen molar-refractivity contribution in [2.45, 2.75) is 64.0 Å². The van der Waals surface area contributed by atoms with Gasteiger partial charge >= 0.3 is 0 Å². The number of amides is 2. The molecule has 1 heterocycles. The van der Waals surface area contributed by atoms with Gasteiger partial charge in [-0.05, 0) is 30.4 Å². The monoisotopic (exact) mass is 328 g/mol. The van der Waals surface area contributed by atoms with Gasteiger partial charge in [-0.25, -0.2) is 0 Å². The molecular weight excluding hydrogens is 300 g/mol. The number of rotatable bonds is 3. The van der Waals surface area contributed by atoms with E-state index in [0.717, 1.165) is 24.8 Å². The number of benzene rings is 1. The summed E-state index contributed by atoms with van der Waals surface area (Å²) in [6, 6.07) is 8.49. The van der Waals surface area contributed by atoms with Crippen molar-refractivity contribution >= 4 is 11.8 Å². The van der Waals surface area contributed by atoms with E-state index in [4.69, 9.17) is 0 Å². The third-order valence-electron chi connectivity index (χ3n) is 5.70. The zero-order chi connectivity index (χ0) is 17.1. The number of nitrogens with zero attached hydrogens (tertiary/aromatic N) is 2. The predicted octanol–water partition coefficient (Wildman–Crippen LogP) is 3.31. The fourth-order valence-corrected chi connectivity index (χ4v) is 4.23. The van der Waals surface area contributed by atoms with E-state index in [1.54, 1.807) is 6.92 Å². The molecule has 0 bridgehead atoms. The summed E-state index contributed by atoms with van der Waals surface area (Å²) < 4.78 is 0. The molecule has 1 unspecified atom stereocenters. The summed E-state index contributed by atoms with van der Waals surface area (Å²) in [4.78, 5) is 28.8. The minimum Gasteiger partial charge on any atom is -0.343 e. The normalized spacial score (nSPS) is 21.2. The fourth-order valence-electron chi connectivity index (χ4n) is 4.23. The van der Waals surface area contributed by atoms with Crippen LogP contribution < -0.4 is 0 Å². The molecular formula is C20H28N2O2. The molecule has 4 heteroatoms. The summed E-state index contributed by atoms with van der Waals surface area (Å²) >= 11 is 0. The van der Waals surface area contributed by atoms with Crippen LogP contribution in [0.3, 0.4) is 0 Å². The van der Waals surface area contributed by atoms with Gasteiger partial charge in [0.1, 0.15) is 0 Å². The van der Waals surface area contributed by atoms with Gasteiger partial charge in [0.25, 0.3) is 0 Å². The zero-order valence-corrected chi connectivity index (χ0v) is 14.8. The van der Waals surface area contributed by atoms with Crippen LogP contribution in [0.15, 0.2) is 24.3 Å². The number of hydrogen-bond acceptors (Lipinski definition) is 2. The Morgan fingerprint density at radius 2 is 1.88 bits per heavy atom. The first-order chi connectivity index (χ1) is 11.6. The molecule has 1 aliphatic carbocycles. The molecule has 130 valence electrons. The molecule has 1 saturated carbocycles. The lowest BCUT2D eigenvalue weighted by atomic mass is 9.89. The van der Waals surface area contributed by atoms with Crippen LogP contribution in [0.1, 0.15) is 62.6 Å². The van der Waals surface area contributed by atoms with Gasteiger partial charge in [-0.15, -0.1) is 0 Å². The lowest BCUT2D eigenvalue weighted by molar-refractivity contribution is -0.137. The first kappa shape index (κ1) is 17.0. The van der Waals surface area contributed by atoms with E-state index in [1.807, 2.05) is 29.0 Å². The van der Waals surface area contributed by atoms with Crippen LogP contribution in [0.4, 0.5) is 0 Å². The number of carbonyl (C=O) groups excluding carboxylic acids is 2. The largest absolute Gasteiger partial charge is 0.343 e. The first-order valence-electron chi connectivity index (χ1n) is 9.18. The van der Waals surface area contributed by atoms with Crippen LogP contribution in [0.5, 0.6) is 0 Å². The summed E-state index contributed by atoms with van der Waals surface area (Å²) in [6.07, 6.45) is 7.21. The molecule has 2 amide bonds. The summed E-state index contributed by atoms with van der Waals surface area (Å²) in [5.74, 6) is 0.220. The molecule has 1 aromatic rings. The molecule has 24 heavy (non-hydrogen) atoms. The van der Waals surface area contributed by atoms with Gasteiger partial charge in [0.15, 0.2) is 0 Å². The maximum atomic E-state index is 12.9. The van der Waals surface area contributed by atoms with Crippen molar-refractivity contribution < 1.29 is 9.59 Å². The Hall–Kier alpha value is -1.84. The van der Waals surface area contributed by atoms with Gasteiger partial charge in [0.2, 0.25) is 11.8 Å². The number of fused-ring (bicyclic) bond motifs is 1. The predicted molar refractivity (Wildman–Crippen MR) is 94.5 cm³/mol.